The van der Waals surface area contributed by atoms with Crippen molar-refractivity contribution < 1.29 is 9.53 Å². The third-order valence-electron chi connectivity index (χ3n) is 4.62. The summed E-state index contributed by atoms with van der Waals surface area (Å²) in [5.74, 6) is 0.212. The first-order valence-corrected chi connectivity index (χ1v) is 8.53. The molecule has 1 aromatic carbocycles. The van der Waals surface area contributed by atoms with Gasteiger partial charge in [0.2, 0.25) is 5.91 Å². The lowest BCUT2D eigenvalue weighted by Crippen LogP contribution is -2.44. The minimum absolute atomic E-state index is 0.212. The van der Waals surface area contributed by atoms with Crippen LogP contribution in [-0.4, -0.2) is 43.2 Å². The van der Waals surface area contributed by atoms with E-state index in [2.05, 4.69) is 5.32 Å². The SMILES string of the molecule is O=C(C(NCC1CCCO1)c1ccccc1)N1CCCCC1. The zero-order valence-electron chi connectivity index (χ0n) is 13.2. The van der Waals surface area contributed by atoms with E-state index in [0.29, 0.717) is 0 Å². The Hall–Kier alpha value is -1.39. The second kappa shape index (κ2) is 7.75. The summed E-state index contributed by atoms with van der Waals surface area (Å²) >= 11 is 0. The quantitative estimate of drug-likeness (QED) is 0.908. The second-order valence-corrected chi connectivity index (χ2v) is 6.27. The van der Waals surface area contributed by atoms with Crippen LogP contribution >= 0.6 is 0 Å². The van der Waals surface area contributed by atoms with Gasteiger partial charge in [-0.15, -0.1) is 0 Å². The van der Waals surface area contributed by atoms with E-state index in [1.54, 1.807) is 0 Å². The van der Waals surface area contributed by atoms with Crippen LogP contribution in [0.3, 0.4) is 0 Å². The number of rotatable bonds is 5. The molecule has 2 saturated heterocycles. The summed E-state index contributed by atoms with van der Waals surface area (Å²) in [7, 11) is 0. The number of amides is 1. The van der Waals surface area contributed by atoms with Gasteiger partial charge in [0.05, 0.1) is 6.10 Å². The zero-order chi connectivity index (χ0) is 15.2. The van der Waals surface area contributed by atoms with Crippen molar-refractivity contribution >= 4 is 5.91 Å². The third-order valence-corrected chi connectivity index (χ3v) is 4.62. The van der Waals surface area contributed by atoms with Crippen molar-refractivity contribution in [1.29, 1.82) is 0 Å². The molecule has 2 atom stereocenters. The van der Waals surface area contributed by atoms with Gasteiger partial charge in [0, 0.05) is 26.2 Å². The number of nitrogens with one attached hydrogen (secondary N) is 1. The van der Waals surface area contributed by atoms with Gasteiger partial charge in [0.25, 0.3) is 0 Å². The van der Waals surface area contributed by atoms with Crippen molar-refractivity contribution in [2.24, 2.45) is 0 Å². The minimum Gasteiger partial charge on any atom is -0.377 e. The Bertz CT molecular complexity index is 465. The summed E-state index contributed by atoms with van der Waals surface area (Å²) in [5.41, 5.74) is 1.05. The normalized spacial score (nSPS) is 23.5. The fourth-order valence-electron chi connectivity index (χ4n) is 3.34. The lowest BCUT2D eigenvalue weighted by Gasteiger charge is -2.31. The Morgan fingerprint density at radius 1 is 1.18 bits per heavy atom. The Balaban J connectivity index is 1.68. The van der Waals surface area contributed by atoms with E-state index in [4.69, 9.17) is 4.74 Å². The number of piperidine rings is 1. The molecule has 22 heavy (non-hydrogen) atoms. The van der Waals surface area contributed by atoms with Crippen molar-refractivity contribution in [1.82, 2.24) is 10.2 Å². The second-order valence-electron chi connectivity index (χ2n) is 6.27. The van der Waals surface area contributed by atoms with Crippen molar-refractivity contribution in [2.75, 3.05) is 26.2 Å². The van der Waals surface area contributed by atoms with Crippen LogP contribution in [0, 0.1) is 0 Å². The molecule has 3 rings (SSSR count). The Morgan fingerprint density at radius 2 is 1.95 bits per heavy atom. The van der Waals surface area contributed by atoms with E-state index in [-0.39, 0.29) is 18.1 Å². The lowest BCUT2D eigenvalue weighted by molar-refractivity contribution is -0.134. The standard InChI is InChI=1S/C18H26N2O2/c21-18(20-11-5-2-6-12-20)17(15-8-3-1-4-9-15)19-14-16-10-7-13-22-16/h1,3-4,8-9,16-17,19H,2,5-7,10-14H2. The molecule has 1 amide bonds. The van der Waals surface area contributed by atoms with Gasteiger partial charge in [0.15, 0.2) is 0 Å². The Labute approximate surface area is 132 Å². The van der Waals surface area contributed by atoms with Crippen molar-refractivity contribution in [3.8, 4) is 0 Å². The Kier molecular flexibility index (Phi) is 5.46. The highest BCUT2D eigenvalue weighted by atomic mass is 16.5. The molecule has 0 aliphatic carbocycles. The van der Waals surface area contributed by atoms with Gasteiger partial charge in [-0.1, -0.05) is 30.3 Å². The van der Waals surface area contributed by atoms with Crippen LogP contribution in [0.4, 0.5) is 0 Å². The van der Waals surface area contributed by atoms with Gasteiger partial charge in [-0.05, 0) is 37.7 Å². The topological polar surface area (TPSA) is 41.6 Å². The van der Waals surface area contributed by atoms with Gasteiger partial charge >= 0.3 is 0 Å². The molecule has 1 N–H and O–H groups in total. The fraction of sp³-hybridized carbons (Fsp3) is 0.611. The lowest BCUT2D eigenvalue weighted by atomic mass is 10.0. The molecule has 2 aliphatic heterocycles. The van der Waals surface area contributed by atoms with E-state index >= 15 is 0 Å². The predicted octanol–water partition coefficient (Wildman–Crippen LogP) is 2.51. The van der Waals surface area contributed by atoms with Crippen LogP contribution in [0.25, 0.3) is 0 Å². The first kappa shape index (κ1) is 15.5. The summed E-state index contributed by atoms with van der Waals surface area (Å²) in [5, 5.41) is 3.46. The maximum absolute atomic E-state index is 12.9. The minimum atomic E-state index is -0.247. The highest BCUT2D eigenvalue weighted by Gasteiger charge is 2.27. The third kappa shape index (κ3) is 3.87. The van der Waals surface area contributed by atoms with Crippen molar-refractivity contribution in [3.63, 3.8) is 0 Å². The van der Waals surface area contributed by atoms with Crippen LogP contribution < -0.4 is 5.32 Å². The van der Waals surface area contributed by atoms with Crippen LogP contribution in [0.1, 0.15) is 43.7 Å². The molecule has 2 heterocycles. The first-order chi connectivity index (χ1) is 10.8. The molecule has 1 aromatic rings. The van der Waals surface area contributed by atoms with Gasteiger partial charge in [-0.2, -0.15) is 0 Å². The molecule has 0 aromatic heterocycles. The van der Waals surface area contributed by atoms with Crippen molar-refractivity contribution in [3.05, 3.63) is 35.9 Å². The molecule has 0 saturated carbocycles. The van der Waals surface area contributed by atoms with Crippen LogP contribution in [0.2, 0.25) is 0 Å². The number of hydrogen-bond donors (Lipinski definition) is 1. The largest absolute Gasteiger partial charge is 0.377 e. The summed E-state index contributed by atoms with van der Waals surface area (Å²) < 4.78 is 5.68. The number of benzene rings is 1. The molecule has 2 aliphatic rings. The van der Waals surface area contributed by atoms with Gasteiger partial charge < -0.3 is 9.64 Å². The molecular formula is C18H26N2O2. The molecule has 0 bridgehead atoms. The molecule has 120 valence electrons. The number of carbonyl (C=O) groups is 1. The van der Waals surface area contributed by atoms with Gasteiger partial charge in [-0.3, -0.25) is 10.1 Å². The van der Waals surface area contributed by atoms with Crippen LogP contribution in [0.15, 0.2) is 30.3 Å². The van der Waals surface area contributed by atoms with Crippen LogP contribution in [0.5, 0.6) is 0 Å². The average Bonchev–Trinajstić information content (AvgIpc) is 3.10. The summed E-state index contributed by atoms with van der Waals surface area (Å²) in [4.78, 5) is 14.9. The molecule has 0 spiro atoms. The maximum atomic E-state index is 12.9. The molecule has 4 nitrogen and oxygen atoms in total. The van der Waals surface area contributed by atoms with E-state index < -0.39 is 0 Å². The molecule has 4 heteroatoms. The summed E-state index contributed by atoms with van der Waals surface area (Å²) in [6.07, 6.45) is 5.95. The molecule has 2 fully saturated rings. The highest BCUT2D eigenvalue weighted by Crippen LogP contribution is 2.20. The fourth-order valence-corrected chi connectivity index (χ4v) is 3.34. The number of nitrogens with zero attached hydrogens (tertiary/aromatic N) is 1. The maximum Gasteiger partial charge on any atom is 0.244 e. The van der Waals surface area contributed by atoms with E-state index in [1.807, 2.05) is 35.2 Å². The number of hydrogen-bond acceptors (Lipinski definition) is 3. The molecule has 0 radical (unpaired) electrons. The van der Waals surface area contributed by atoms with Crippen LogP contribution in [-0.2, 0) is 9.53 Å². The summed E-state index contributed by atoms with van der Waals surface area (Å²) in [6.45, 7) is 3.38. The van der Waals surface area contributed by atoms with Crippen molar-refractivity contribution in [2.45, 2.75) is 44.2 Å². The summed E-state index contributed by atoms with van der Waals surface area (Å²) in [6, 6.07) is 9.82. The van der Waals surface area contributed by atoms with E-state index in [9.17, 15) is 4.79 Å². The molecule has 2 unspecified atom stereocenters. The number of carbonyl (C=O) groups excluding carboxylic acids is 1. The van der Waals surface area contributed by atoms with E-state index in [1.165, 1.54) is 6.42 Å². The van der Waals surface area contributed by atoms with Gasteiger partial charge in [-0.25, -0.2) is 0 Å². The zero-order valence-corrected chi connectivity index (χ0v) is 13.2. The number of ether oxygens (including phenoxy) is 1. The first-order valence-electron chi connectivity index (χ1n) is 8.53. The molecular weight excluding hydrogens is 276 g/mol. The average molecular weight is 302 g/mol. The number of likely N-dealkylation sites (tertiary alicyclic amines) is 1. The van der Waals surface area contributed by atoms with Gasteiger partial charge in [0.1, 0.15) is 6.04 Å². The smallest absolute Gasteiger partial charge is 0.244 e. The monoisotopic (exact) mass is 302 g/mol. The predicted molar refractivity (Wildman–Crippen MR) is 86.6 cm³/mol. The van der Waals surface area contributed by atoms with E-state index in [0.717, 1.165) is 57.5 Å². The highest BCUT2D eigenvalue weighted by molar-refractivity contribution is 5.83. The Morgan fingerprint density at radius 3 is 2.64 bits per heavy atom.